The van der Waals surface area contributed by atoms with E-state index in [9.17, 15) is 4.79 Å². The quantitative estimate of drug-likeness (QED) is 0.626. The number of carboxylic acid groups (broad SMARTS) is 1. The number of rotatable bonds is 7. The normalized spacial score (nSPS) is 10.1. The summed E-state index contributed by atoms with van der Waals surface area (Å²) >= 11 is 1.68. The van der Waals surface area contributed by atoms with Gasteiger partial charge in [-0.15, -0.1) is 11.8 Å². The first kappa shape index (κ1) is 15.3. The summed E-state index contributed by atoms with van der Waals surface area (Å²) in [5, 5.41) is 8.99. The van der Waals surface area contributed by atoms with Gasteiger partial charge in [-0.2, -0.15) is 0 Å². The molecular weight excluding hydrogens is 288 g/mol. The lowest BCUT2D eigenvalue weighted by molar-refractivity contribution is 0.0696. The number of carbonyl (C=O) groups is 1. The van der Waals surface area contributed by atoms with Crippen molar-refractivity contribution in [3.05, 3.63) is 54.1 Å². The van der Waals surface area contributed by atoms with Crippen LogP contribution in [-0.4, -0.2) is 30.5 Å². The van der Waals surface area contributed by atoms with Crippen molar-refractivity contribution < 1.29 is 19.4 Å². The summed E-state index contributed by atoms with van der Waals surface area (Å²) in [6, 6.07) is 14.6. The molecule has 0 aliphatic heterocycles. The first-order valence-electron chi connectivity index (χ1n) is 6.42. The van der Waals surface area contributed by atoms with Crippen LogP contribution in [0.3, 0.4) is 0 Å². The Bertz CT molecular complexity index is 598. The van der Waals surface area contributed by atoms with Gasteiger partial charge in [-0.05, 0) is 30.3 Å². The largest absolute Gasteiger partial charge is 0.493 e. The van der Waals surface area contributed by atoms with Gasteiger partial charge in [0.15, 0.2) is 11.5 Å². The Morgan fingerprint density at radius 3 is 2.57 bits per heavy atom. The van der Waals surface area contributed by atoms with Gasteiger partial charge in [0.25, 0.3) is 0 Å². The fourth-order valence-corrected chi connectivity index (χ4v) is 2.50. The molecule has 0 aliphatic carbocycles. The van der Waals surface area contributed by atoms with E-state index in [-0.39, 0.29) is 5.56 Å². The number of methoxy groups -OCH3 is 1. The van der Waals surface area contributed by atoms with Crippen molar-refractivity contribution in [2.45, 2.75) is 4.90 Å². The molecule has 1 N–H and O–H groups in total. The van der Waals surface area contributed by atoms with Crippen LogP contribution in [0.25, 0.3) is 0 Å². The maximum atomic E-state index is 11.0. The summed E-state index contributed by atoms with van der Waals surface area (Å²) in [7, 11) is 1.53. The molecule has 110 valence electrons. The van der Waals surface area contributed by atoms with E-state index in [1.807, 2.05) is 30.3 Å². The fraction of sp³-hybridized carbons (Fsp3) is 0.188. The topological polar surface area (TPSA) is 55.8 Å². The SMILES string of the molecule is COc1ccc(C(=O)O)cc1OCCSc1ccccc1. The van der Waals surface area contributed by atoms with E-state index < -0.39 is 5.97 Å². The third kappa shape index (κ3) is 4.43. The lowest BCUT2D eigenvalue weighted by Crippen LogP contribution is -2.04. The number of ether oxygens (including phenoxy) is 2. The van der Waals surface area contributed by atoms with E-state index in [4.69, 9.17) is 14.6 Å². The molecule has 0 amide bonds. The maximum Gasteiger partial charge on any atom is 0.335 e. The Kier molecular flexibility index (Phi) is 5.51. The molecule has 0 spiro atoms. The predicted molar refractivity (Wildman–Crippen MR) is 82.6 cm³/mol. The standard InChI is InChI=1S/C16H16O4S/c1-19-14-8-7-12(16(17)18)11-15(14)20-9-10-21-13-5-3-2-4-6-13/h2-8,11H,9-10H2,1H3,(H,17,18). The molecule has 2 aromatic carbocycles. The van der Waals surface area contributed by atoms with Gasteiger partial charge in [0.1, 0.15) is 0 Å². The number of thioether (sulfide) groups is 1. The van der Waals surface area contributed by atoms with E-state index in [1.54, 1.807) is 17.8 Å². The van der Waals surface area contributed by atoms with Crippen LogP contribution >= 0.6 is 11.8 Å². The molecule has 0 heterocycles. The third-order valence-electron chi connectivity index (χ3n) is 2.76. The second-order valence-corrected chi connectivity index (χ2v) is 5.35. The fourth-order valence-electron chi connectivity index (χ4n) is 1.75. The summed E-state index contributed by atoms with van der Waals surface area (Å²) in [6.45, 7) is 0.471. The molecule has 0 fully saturated rings. The minimum absolute atomic E-state index is 0.182. The van der Waals surface area contributed by atoms with Gasteiger partial charge in [-0.3, -0.25) is 0 Å². The van der Waals surface area contributed by atoms with Crippen molar-refractivity contribution >= 4 is 17.7 Å². The number of benzene rings is 2. The van der Waals surface area contributed by atoms with Gasteiger partial charge in [-0.25, -0.2) is 4.79 Å². The molecule has 0 unspecified atom stereocenters. The zero-order chi connectivity index (χ0) is 15.1. The van der Waals surface area contributed by atoms with Crippen LogP contribution in [-0.2, 0) is 0 Å². The van der Waals surface area contributed by atoms with Gasteiger partial charge in [0.05, 0.1) is 19.3 Å². The highest BCUT2D eigenvalue weighted by Crippen LogP contribution is 2.28. The van der Waals surface area contributed by atoms with Crippen molar-refractivity contribution in [2.75, 3.05) is 19.5 Å². The molecule has 0 saturated heterocycles. The summed E-state index contributed by atoms with van der Waals surface area (Å²) in [5.41, 5.74) is 0.182. The second-order valence-electron chi connectivity index (χ2n) is 4.18. The lowest BCUT2D eigenvalue weighted by atomic mass is 10.2. The summed E-state index contributed by atoms with van der Waals surface area (Å²) in [5.74, 6) is 0.765. The minimum Gasteiger partial charge on any atom is -0.493 e. The van der Waals surface area contributed by atoms with Crippen LogP contribution in [0.4, 0.5) is 0 Å². The Balaban J connectivity index is 1.92. The van der Waals surface area contributed by atoms with Crippen LogP contribution in [0.5, 0.6) is 11.5 Å². The molecule has 2 aromatic rings. The number of carboxylic acids is 1. The van der Waals surface area contributed by atoms with Gasteiger partial charge < -0.3 is 14.6 Å². The van der Waals surface area contributed by atoms with Gasteiger partial charge >= 0.3 is 5.97 Å². The summed E-state index contributed by atoms with van der Waals surface area (Å²) in [6.07, 6.45) is 0. The maximum absolute atomic E-state index is 11.0. The zero-order valence-corrected chi connectivity index (χ0v) is 12.4. The first-order valence-corrected chi connectivity index (χ1v) is 7.41. The Morgan fingerprint density at radius 1 is 1.14 bits per heavy atom. The Labute approximate surface area is 127 Å². The minimum atomic E-state index is -0.985. The predicted octanol–water partition coefficient (Wildman–Crippen LogP) is 3.56. The summed E-state index contributed by atoms with van der Waals surface area (Å²) < 4.78 is 10.8. The zero-order valence-electron chi connectivity index (χ0n) is 11.6. The molecule has 0 bridgehead atoms. The smallest absolute Gasteiger partial charge is 0.335 e. The van der Waals surface area contributed by atoms with Gasteiger partial charge in [0, 0.05) is 10.6 Å². The van der Waals surface area contributed by atoms with Crippen molar-refractivity contribution in [3.8, 4) is 11.5 Å². The highest BCUT2D eigenvalue weighted by Gasteiger charge is 2.10. The van der Waals surface area contributed by atoms with Crippen molar-refractivity contribution in [1.29, 1.82) is 0 Å². The van der Waals surface area contributed by atoms with E-state index in [0.29, 0.717) is 18.1 Å². The summed E-state index contributed by atoms with van der Waals surface area (Å²) in [4.78, 5) is 12.1. The van der Waals surface area contributed by atoms with E-state index in [2.05, 4.69) is 0 Å². The molecule has 0 saturated carbocycles. The van der Waals surface area contributed by atoms with Crippen molar-refractivity contribution in [3.63, 3.8) is 0 Å². The Morgan fingerprint density at radius 2 is 1.90 bits per heavy atom. The van der Waals surface area contributed by atoms with E-state index in [0.717, 1.165) is 5.75 Å². The molecule has 5 heteroatoms. The van der Waals surface area contributed by atoms with Gasteiger partial charge in [0.2, 0.25) is 0 Å². The van der Waals surface area contributed by atoms with Crippen LogP contribution in [0.2, 0.25) is 0 Å². The number of aromatic carboxylic acids is 1. The molecule has 0 atom stereocenters. The third-order valence-corrected chi connectivity index (χ3v) is 3.74. The highest BCUT2D eigenvalue weighted by atomic mass is 32.2. The van der Waals surface area contributed by atoms with Crippen molar-refractivity contribution in [1.82, 2.24) is 0 Å². The molecular formula is C16H16O4S. The van der Waals surface area contributed by atoms with Crippen LogP contribution < -0.4 is 9.47 Å². The van der Waals surface area contributed by atoms with Crippen LogP contribution in [0.1, 0.15) is 10.4 Å². The molecule has 2 rings (SSSR count). The highest BCUT2D eigenvalue weighted by molar-refractivity contribution is 7.99. The average molecular weight is 304 g/mol. The molecule has 0 aromatic heterocycles. The van der Waals surface area contributed by atoms with E-state index in [1.165, 1.54) is 24.1 Å². The second kappa shape index (κ2) is 7.59. The first-order chi connectivity index (χ1) is 10.2. The average Bonchev–Trinajstić information content (AvgIpc) is 2.52. The molecule has 0 aliphatic rings. The van der Waals surface area contributed by atoms with Gasteiger partial charge in [-0.1, -0.05) is 18.2 Å². The van der Waals surface area contributed by atoms with Crippen molar-refractivity contribution in [2.24, 2.45) is 0 Å². The molecule has 4 nitrogen and oxygen atoms in total. The Hall–Kier alpha value is -2.14. The number of hydrogen-bond acceptors (Lipinski definition) is 4. The monoisotopic (exact) mass is 304 g/mol. The lowest BCUT2D eigenvalue weighted by Gasteiger charge is -2.11. The van der Waals surface area contributed by atoms with Crippen LogP contribution in [0.15, 0.2) is 53.4 Å². The molecule has 0 radical (unpaired) electrons. The van der Waals surface area contributed by atoms with Crippen LogP contribution in [0, 0.1) is 0 Å². The number of hydrogen-bond donors (Lipinski definition) is 1. The molecule has 21 heavy (non-hydrogen) atoms. The van der Waals surface area contributed by atoms with E-state index >= 15 is 0 Å².